The number of nitrogens with zero attached hydrogens (tertiary/aromatic N) is 3. The van der Waals surface area contributed by atoms with Crippen LogP contribution in [0.25, 0.3) is 0 Å². The molecule has 0 saturated carbocycles. The number of hydrogen-bond acceptors (Lipinski definition) is 4. The number of nitrogen functional groups attached to an aromatic ring is 1. The smallest absolute Gasteiger partial charge is 0.247 e. The summed E-state index contributed by atoms with van der Waals surface area (Å²) in [6.07, 6.45) is 1.66. The van der Waals surface area contributed by atoms with Gasteiger partial charge in [-0.1, -0.05) is 0 Å². The Kier molecular flexibility index (Phi) is 4.08. The van der Waals surface area contributed by atoms with Gasteiger partial charge in [-0.2, -0.15) is 5.10 Å². The second-order valence-electron chi connectivity index (χ2n) is 4.61. The molecule has 106 valence electrons. The van der Waals surface area contributed by atoms with E-state index in [1.165, 1.54) is 0 Å². The van der Waals surface area contributed by atoms with E-state index in [1.54, 1.807) is 16.9 Å². The van der Waals surface area contributed by atoms with Gasteiger partial charge in [-0.25, -0.2) is 4.98 Å². The zero-order valence-corrected chi connectivity index (χ0v) is 13.2. The van der Waals surface area contributed by atoms with Crippen molar-refractivity contribution in [3.63, 3.8) is 0 Å². The van der Waals surface area contributed by atoms with E-state index < -0.39 is 0 Å². The number of carbonyl (C=O) groups is 1. The Bertz CT molecular complexity index is 665. The summed E-state index contributed by atoms with van der Waals surface area (Å²) < 4.78 is 2.49. The lowest BCUT2D eigenvalue weighted by Crippen LogP contribution is -2.21. The van der Waals surface area contributed by atoms with Crippen molar-refractivity contribution in [2.24, 2.45) is 0 Å². The molecule has 0 saturated heterocycles. The summed E-state index contributed by atoms with van der Waals surface area (Å²) in [5.74, 6) is 0.329. The average molecular weight is 338 g/mol. The van der Waals surface area contributed by atoms with Gasteiger partial charge in [0.2, 0.25) is 5.91 Å². The summed E-state index contributed by atoms with van der Waals surface area (Å²) in [6.45, 7) is 5.70. The summed E-state index contributed by atoms with van der Waals surface area (Å²) in [5, 5.41) is 6.97. The van der Waals surface area contributed by atoms with E-state index in [2.05, 4.69) is 31.3 Å². The standard InChI is InChI=1S/C13H16BrN5O/c1-7-4-11(16-5-10(7)14)17-12(20)6-19-9(3)13(15)8(2)18-19/h4-5H,6,15H2,1-3H3,(H,16,17,20). The largest absolute Gasteiger partial charge is 0.396 e. The van der Waals surface area contributed by atoms with Gasteiger partial charge in [0.25, 0.3) is 0 Å². The molecule has 2 rings (SSSR count). The zero-order chi connectivity index (χ0) is 14.9. The van der Waals surface area contributed by atoms with E-state index in [-0.39, 0.29) is 12.5 Å². The first-order valence-electron chi connectivity index (χ1n) is 6.10. The summed E-state index contributed by atoms with van der Waals surface area (Å²) in [4.78, 5) is 16.1. The number of aryl methyl sites for hydroxylation is 2. The summed E-state index contributed by atoms with van der Waals surface area (Å²) in [6, 6.07) is 1.80. The number of amides is 1. The van der Waals surface area contributed by atoms with Crippen LogP contribution in [-0.2, 0) is 11.3 Å². The molecule has 7 heteroatoms. The Morgan fingerprint density at radius 1 is 1.45 bits per heavy atom. The van der Waals surface area contributed by atoms with Crippen LogP contribution in [0.4, 0.5) is 11.5 Å². The van der Waals surface area contributed by atoms with Crippen molar-refractivity contribution in [1.29, 1.82) is 0 Å². The highest BCUT2D eigenvalue weighted by molar-refractivity contribution is 9.10. The van der Waals surface area contributed by atoms with Crippen LogP contribution >= 0.6 is 15.9 Å². The van der Waals surface area contributed by atoms with Crippen LogP contribution in [0.1, 0.15) is 17.0 Å². The van der Waals surface area contributed by atoms with Crippen LogP contribution in [0, 0.1) is 20.8 Å². The molecule has 6 nitrogen and oxygen atoms in total. The quantitative estimate of drug-likeness (QED) is 0.898. The van der Waals surface area contributed by atoms with Gasteiger partial charge in [-0.3, -0.25) is 9.48 Å². The van der Waals surface area contributed by atoms with Crippen LogP contribution in [0.15, 0.2) is 16.7 Å². The molecule has 0 aromatic carbocycles. The number of pyridine rings is 1. The number of carbonyl (C=O) groups excluding carboxylic acids is 1. The lowest BCUT2D eigenvalue weighted by atomic mass is 10.3. The molecule has 0 bridgehead atoms. The highest BCUT2D eigenvalue weighted by atomic mass is 79.9. The molecule has 1 amide bonds. The molecule has 0 spiro atoms. The van der Waals surface area contributed by atoms with Gasteiger partial charge >= 0.3 is 0 Å². The monoisotopic (exact) mass is 337 g/mol. The molecule has 0 atom stereocenters. The predicted octanol–water partition coefficient (Wildman–Crippen LogP) is 2.19. The first-order chi connectivity index (χ1) is 9.38. The van der Waals surface area contributed by atoms with Gasteiger partial charge in [-0.15, -0.1) is 0 Å². The minimum Gasteiger partial charge on any atom is -0.396 e. The Morgan fingerprint density at radius 2 is 2.15 bits per heavy atom. The van der Waals surface area contributed by atoms with Crippen LogP contribution in [0.3, 0.4) is 0 Å². The Balaban J connectivity index is 2.09. The topological polar surface area (TPSA) is 85.8 Å². The summed E-state index contributed by atoms with van der Waals surface area (Å²) in [5.41, 5.74) is 8.98. The molecule has 0 fully saturated rings. The van der Waals surface area contributed by atoms with Gasteiger partial charge in [-0.05, 0) is 48.3 Å². The predicted molar refractivity (Wildman–Crippen MR) is 81.4 cm³/mol. The van der Waals surface area contributed by atoms with E-state index in [1.807, 2.05) is 20.8 Å². The molecule has 3 N–H and O–H groups in total. The van der Waals surface area contributed by atoms with E-state index in [4.69, 9.17) is 5.73 Å². The molecule has 0 aliphatic carbocycles. The molecule has 0 aliphatic rings. The number of nitrogens with one attached hydrogen (secondary N) is 1. The maximum absolute atomic E-state index is 12.0. The highest BCUT2D eigenvalue weighted by Gasteiger charge is 2.12. The van der Waals surface area contributed by atoms with E-state index in [0.29, 0.717) is 11.5 Å². The van der Waals surface area contributed by atoms with E-state index >= 15 is 0 Å². The van der Waals surface area contributed by atoms with Crippen molar-refractivity contribution in [3.05, 3.63) is 33.7 Å². The van der Waals surface area contributed by atoms with Gasteiger partial charge in [0, 0.05) is 10.7 Å². The van der Waals surface area contributed by atoms with Gasteiger partial charge < -0.3 is 11.1 Å². The maximum Gasteiger partial charge on any atom is 0.247 e. The van der Waals surface area contributed by atoms with Gasteiger partial charge in [0.15, 0.2) is 0 Å². The van der Waals surface area contributed by atoms with Crippen molar-refractivity contribution < 1.29 is 4.79 Å². The minimum atomic E-state index is -0.190. The SMILES string of the molecule is Cc1cc(NC(=O)Cn2nc(C)c(N)c2C)ncc1Br. The van der Waals surface area contributed by atoms with Crippen molar-refractivity contribution in [2.75, 3.05) is 11.1 Å². The van der Waals surface area contributed by atoms with Crippen molar-refractivity contribution in [3.8, 4) is 0 Å². The highest BCUT2D eigenvalue weighted by Crippen LogP contribution is 2.18. The molecular weight excluding hydrogens is 322 g/mol. The van der Waals surface area contributed by atoms with Crippen LogP contribution < -0.4 is 11.1 Å². The van der Waals surface area contributed by atoms with Crippen molar-refractivity contribution >= 4 is 33.3 Å². The van der Waals surface area contributed by atoms with Crippen molar-refractivity contribution in [1.82, 2.24) is 14.8 Å². The van der Waals surface area contributed by atoms with Crippen molar-refractivity contribution in [2.45, 2.75) is 27.3 Å². The number of aromatic nitrogens is 3. The molecule has 2 aromatic heterocycles. The number of anilines is 2. The first kappa shape index (κ1) is 14.5. The fraction of sp³-hybridized carbons (Fsp3) is 0.308. The number of nitrogens with two attached hydrogens (primary N) is 1. The fourth-order valence-electron chi connectivity index (χ4n) is 1.79. The Hall–Kier alpha value is -1.89. The average Bonchev–Trinajstić information content (AvgIpc) is 2.61. The fourth-order valence-corrected chi connectivity index (χ4v) is 2.01. The second-order valence-corrected chi connectivity index (χ2v) is 5.46. The third-order valence-corrected chi connectivity index (χ3v) is 3.88. The normalized spacial score (nSPS) is 10.6. The molecule has 0 unspecified atom stereocenters. The van der Waals surface area contributed by atoms with Gasteiger partial charge in [0.05, 0.1) is 17.1 Å². The molecule has 2 aromatic rings. The lowest BCUT2D eigenvalue weighted by molar-refractivity contribution is -0.117. The van der Waals surface area contributed by atoms with Crippen LogP contribution in [-0.4, -0.2) is 20.7 Å². The Labute approximate surface area is 125 Å². The molecular formula is C13H16BrN5O. The Morgan fingerprint density at radius 3 is 2.70 bits per heavy atom. The second kappa shape index (κ2) is 5.62. The van der Waals surface area contributed by atoms with Crippen LogP contribution in [0.2, 0.25) is 0 Å². The molecule has 0 radical (unpaired) electrons. The summed E-state index contributed by atoms with van der Waals surface area (Å²) in [7, 11) is 0. The van der Waals surface area contributed by atoms with Crippen LogP contribution in [0.5, 0.6) is 0 Å². The van der Waals surface area contributed by atoms with E-state index in [0.717, 1.165) is 21.4 Å². The zero-order valence-electron chi connectivity index (χ0n) is 11.6. The third-order valence-electron chi connectivity index (χ3n) is 3.05. The molecule has 20 heavy (non-hydrogen) atoms. The minimum absolute atomic E-state index is 0.112. The molecule has 0 aliphatic heterocycles. The molecule has 2 heterocycles. The lowest BCUT2D eigenvalue weighted by Gasteiger charge is -2.07. The van der Waals surface area contributed by atoms with E-state index in [9.17, 15) is 4.79 Å². The summed E-state index contributed by atoms with van der Waals surface area (Å²) >= 11 is 3.37. The number of hydrogen-bond donors (Lipinski definition) is 2. The first-order valence-corrected chi connectivity index (χ1v) is 6.89. The number of halogens is 1. The number of rotatable bonds is 3. The third kappa shape index (κ3) is 2.98. The van der Waals surface area contributed by atoms with Gasteiger partial charge in [0.1, 0.15) is 12.4 Å². The maximum atomic E-state index is 12.0.